The van der Waals surface area contributed by atoms with Gasteiger partial charge in [-0.15, -0.1) is 0 Å². The van der Waals surface area contributed by atoms with Crippen molar-refractivity contribution in [1.82, 2.24) is 0 Å². The van der Waals surface area contributed by atoms with E-state index in [9.17, 15) is 13.2 Å². The monoisotopic (exact) mass is 250 g/mol. The van der Waals surface area contributed by atoms with Gasteiger partial charge in [-0.2, -0.15) is 8.42 Å². The molecule has 0 aromatic heterocycles. The molecule has 4 unspecified atom stereocenters. The number of hydrogen-bond acceptors (Lipinski definition) is 6. The molecule has 0 saturated carbocycles. The summed E-state index contributed by atoms with van der Waals surface area (Å²) in [4.78, 5) is 11.7. The number of carbonyl (C=O) groups is 1. The molecule has 2 rings (SSSR count). The fraction of sp³-hybridized carbons (Fsp3) is 0.889. The number of carbonyl (C=O) groups excluding carboxylic acids is 1. The van der Waals surface area contributed by atoms with Crippen LogP contribution in [0.25, 0.3) is 0 Å². The Morgan fingerprint density at radius 1 is 1.44 bits per heavy atom. The van der Waals surface area contributed by atoms with Crippen LogP contribution in [0.2, 0.25) is 0 Å². The number of methoxy groups -OCH3 is 1. The van der Waals surface area contributed by atoms with Crippen molar-refractivity contribution in [2.45, 2.75) is 43.3 Å². The molecule has 2 heterocycles. The van der Waals surface area contributed by atoms with Crippen molar-refractivity contribution in [1.29, 1.82) is 0 Å². The van der Waals surface area contributed by atoms with E-state index in [1.54, 1.807) is 13.8 Å². The van der Waals surface area contributed by atoms with Crippen molar-refractivity contribution in [2.24, 2.45) is 0 Å². The highest BCUT2D eigenvalue weighted by Gasteiger charge is 2.67. The Hall–Kier alpha value is -0.660. The molecule has 7 heteroatoms. The van der Waals surface area contributed by atoms with Crippen molar-refractivity contribution in [3.8, 4) is 0 Å². The summed E-state index contributed by atoms with van der Waals surface area (Å²) in [6, 6.07) is 0. The van der Waals surface area contributed by atoms with Gasteiger partial charge >= 0.3 is 5.97 Å². The third kappa shape index (κ3) is 1.25. The second kappa shape index (κ2) is 3.41. The summed E-state index contributed by atoms with van der Waals surface area (Å²) in [6.45, 7) is 3.16. The SMILES string of the molecule is COC(=O)C12CC(OC1C)C(C)OS2(=O)=O. The lowest BCUT2D eigenvalue weighted by molar-refractivity contribution is -0.145. The molecule has 0 N–H and O–H groups in total. The van der Waals surface area contributed by atoms with E-state index in [-0.39, 0.29) is 12.5 Å². The molecule has 2 bridgehead atoms. The van der Waals surface area contributed by atoms with Crippen molar-refractivity contribution >= 4 is 16.1 Å². The molecular weight excluding hydrogens is 236 g/mol. The molecule has 16 heavy (non-hydrogen) atoms. The van der Waals surface area contributed by atoms with Gasteiger partial charge in [0.05, 0.1) is 19.3 Å². The maximum Gasteiger partial charge on any atom is 0.332 e. The van der Waals surface area contributed by atoms with Crippen molar-refractivity contribution in [2.75, 3.05) is 7.11 Å². The minimum atomic E-state index is -4.00. The highest BCUT2D eigenvalue weighted by Crippen LogP contribution is 2.45. The average Bonchev–Trinajstić information content (AvgIpc) is 2.52. The van der Waals surface area contributed by atoms with Crippen LogP contribution >= 0.6 is 0 Å². The average molecular weight is 250 g/mol. The van der Waals surface area contributed by atoms with E-state index in [2.05, 4.69) is 4.74 Å². The number of fused-ring (bicyclic) bond motifs is 2. The Morgan fingerprint density at radius 3 is 2.62 bits per heavy atom. The Bertz CT molecular complexity index is 416. The van der Waals surface area contributed by atoms with Crippen LogP contribution in [0.5, 0.6) is 0 Å². The van der Waals surface area contributed by atoms with Crippen LogP contribution in [-0.4, -0.2) is 44.6 Å². The van der Waals surface area contributed by atoms with Crippen LogP contribution in [0.1, 0.15) is 20.3 Å². The normalized spacial score (nSPS) is 45.3. The lowest BCUT2D eigenvalue weighted by atomic mass is 9.97. The summed E-state index contributed by atoms with van der Waals surface area (Å²) in [5, 5.41) is 0. The van der Waals surface area contributed by atoms with Gasteiger partial charge in [0.25, 0.3) is 10.1 Å². The van der Waals surface area contributed by atoms with Gasteiger partial charge in [-0.3, -0.25) is 8.98 Å². The van der Waals surface area contributed by atoms with Gasteiger partial charge < -0.3 is 9.47 Å². The van der Waals surface area contributed by atoms with Crippen LogP contribution in [-0.2, 0) is 28.6 Å². The van der Waals surface area contributed by atoms with Crippen LogP contribution < -0.4 is 0 Å². The maximum absolute atomic E-state index is 12.0. The lowest BCUT2D eigenvalue weighted by Crippen LogP contribution is -2.56. The summed E-state index contributed by atoms with van der Waals surface area (Å²) in [7, 11) is -2.85. The van der Waals surface area contributed by atoms with E-state index in [1.165, 1.54) is 0 Å². The molecule has 2 aliphatic rings. The van der Waals surface area contributed by atoms with Crippen LogP contribution in [0.3, 0.4) is 0 Å². The number of rotatable bonds is 1. The van der Waals surface area contributed by atoms with Gasteiger partial charge in [-0.25, -0.2) is 0 Å². The molecule has 4 atom stereocenters. The smallest absolute Gasteiger partial charge is 0.332 e. The molecule has 2 saturated heterocycles. The molecule has 0 amide bonds. The standard InChI is InChI=1S/C9H14O6S/c1-5-7-4-9(6(2)14-7,8(10)13-3)16(11,12)15-5/h5-7H,4H2,1-3H3. The van der Waals surface area contributed by atoms with Crippen LogP contribution in [0.15, 0.2) is 0 Å². The van der Waals surface area contributed by atoms with E-state index in [0.717, 1.165) is 7.11 Å². The predicted octanol–water partition coefficient (Wildman–Crippen LogP) is -0.176. The second-order valence-electron chi connectivity index (χ2n) is 4.16. The topological polar surface area (TPSA) is 78.9 Å². The summed E-state index contributed by atoms with van der Waals surface area (Å²) in [6.07, 6.45) is -1.59. The van der Waals surface area contributed by atoms with Crippen molar-refractivity contribution in [3.05, 3.63) is 0 Å². The Balaban J connectivity index is 2.53. The quantitative estimate of drug-likeness (QED) is 0.474. The first-order valence-corrected chi connectivity index (χ1v) is 6.42. The highest BCUT2D eigenvalue weighted by atomic mass is 32.2. The van der Waals surface area contributed by atoms with E-state index >= 15 is 0 Å². The van der Waals surface area contributed by atoms with E-state index in [4.69, 9.17) is 8.92 Å². The Kier molecular flexibility index (Phi) is 2.52. The fourth-order valence-corrected chi connectivity index (χ4v) is 4.15. The van der Waals surface area contributed by atoms with E-state index in [0.29, 0.717) is 0 Å². The minimum absolute atomic E-state index is 0.102. The fourth-order valence-electron chi connectivity index (χ4n) is 2.34. The zero-order chi connectivity index (χ0) is 12.1. The van der Waals surface area contributed by atoms with E-state index < -0.39 is 33.0 Å². The van der Waals surface area contributed by atoms with E-state index in [1.807, 2.05) is 0 Å². The zero-order valence-electron chi connectivity index (χ0n) is 9.30. The first-order chi connectivity index (χ1) is 7.35. The first-order valence-electron chi connectivity index (χ1n) is 5.02. The van der Waals surface area contributed by atoms with Crippen LogP contribution in [0.4, 0.5) is 0 Å². The largest absolute Gasteiger partial charge is 0.468 e. The molecular formula is C9H14O6S. The summed E-state index contributed by atoms with van der Waals surface area (Å²) < 4.78 is 37.2. The Morgan fingerprint density at radius 2 is 2.06 bits per heavy atom. The molecule has 0 radical (unpaired) electrons. The molecule has 0 aliphatic carbocycles. The zero-order valence-corrected chi connectivity index (χ0v) is 10.1. The molecule has 6 nitrogen and oxygen atoms in total. The molecule has 92 valence electrons. The molecule has 2 aliphatic heterocycles. The number of ether oxygens (including phenoxy) is 2. The van der Waals surface area contributed by atoms with Crippen LogP contribution in [0, 0.1) is 0 Å². The van der Waals surface area contributed by atoms with Gasteiger partial charge in [-0.05, 0) is 13.8 Å². The number of esters is 1. The predicted molar refractivity (Wildman–Crippen MR) is 53.2 cm³/mol. The molecule has 0 aromatic rings. The van der Waals surface area contributed by atoms with Gasteiger partial charge in [0.15, 0.2) is 0 Å². The first kappa shape index (κ1) is 11.8. The summed E-state index contributed by atoms with van der Waals surface area (Å²) >= 11 is 0. The minimum Gasteiger partial charge on any atom is -0.468 e. The van der Waals surface area contributed by atoms with Crippen molar-refractivity contribution in [3.63, 3.8) is 0 Å². The molecule has 2 fully saturated rings. The number of hydrogen-bond donors (Lipinski definition) is 0. The van der Waals surface area contributed by atoms with Gasteiger partial charge in [-0.1, -0.05) is 0 Å². The molecule has 0 aromatic carbocycles. The lowest BCUT2D eigenvalue weighted by Gasteiger charge is -2.32. The summed E-state index contributed by atoms with van der Waals surface area (Å²) in [5.74, 6) is -0.811. The summed E-state index contributed by atoms with van der Waals surface area (Å²) in [5.41, 5.74) is 0. The van der Waals surface area contributed by atoms with Gasteiger partial charge in [0.2, 0.25) is 4.75 Å². The molecule has 0 spiro atoms. The third-order valence-electron chi connectivity index (χ3n) is 3.32. The van der Waals surface area contributed by atoms with Gasteiger partial charge in [0.1, 0.15) is 6.10 Å². The second-order valence-corrected chi connectivity index (χ2v) is 5.99. The third-order valence-corrected chi connectivity index (χ3v) is 5.43. The highest BCUT2D eigenvalue weighted by molar-refractivity contribution is 7.89. The maximum atomic E-state index is 12.0. The van der Waals surface area contributed by atoms with Crippen molar-refractivity contribution < 1.29 is 26.9 Å². The Labute approximate surface area is 94.0 Å². The van der Waals surface area contributed by atoms with Gasteiger partial charge in [0, 0.05) is 6.42 Å².